The largest absolute Gasteiger partial charge is 0.478 e. The topological polar surface area (TPSA) is 37.3 Å². The monoisotopic (exact) mass is 264 g/mol. The van der Waals surface area contributed by atoms with Gasteiger partial charge in [0, 0.05) is 5.57 Å². The number of carboxylic acids is 1. The van der Waals surface area contributed by atoms with Gasteiger partial charge in [-0.1, -0.05) is 51.0 Å². The van der Waals surface area contributed by atoms with Crippen LogP contribution in [0.4, 0.5) is 0 Å². The maximum absolute atomic E-state index is 11.6. The third-order valence-corrected chi connectivity index (χ3v) is 4.95. The summed E-state index contributed by atoms with van der Waals surface area (Å²) in [6, 6.07) is 0. The predicted molar refractivity (Wildman–Crippen MR) is 78.1 cm³/mol. The molecular formula is C17H28O2. The van der Waals surface area contributed by atoms with Crippen LogP contribution in [0.5, 0.6) is 0 Å². The van der Waals surface area contributed by atoms with E-state index in [2.05, 4.69) is 0 Å². The van der Waals surface area contributed by atoms with Crippen LogP contribution >= 0.6 is 0 Å². The van der Waals surface area contributed by atoms with E-state index in [0.29, 0.717) is 11.8 Å². The van der Waals surface area contributed by atoms with Crippen LogP contribution in [0, 0.1) is 11.8 Å². The third-order valence-electron chi connectivity index (χ3n) is 4.95. The van der Waals surface area contributed by atoms with Gasteiger partial charge in [-0.05, 0) is 43.9 Å². The van der Waals surface area contributed by atoms with E-state index in [1.54, 1.807) is 0 Å². The second-order valence-electron chi connectivity index (χ2n) is 6.31. The van der Waals surface area contributed by atoms with Gasteiger partial charge in [-0.25, -0.2) is 4.79 Å². The maximum Gasteiger partial charge on any atom is 0.331 e. The molecule has 1 unspecified atom stereocenters. The van der Waals surface area contributed by atoms with Gasteiger partial charge in [-0.3, -0.25) is 0 Å². The highest BCUT2D eigenvalue weighted by Crippen LogP contribution is 2.37. The van der Waals surface area contributed by atoms with Crippen molar-refractivity contribution in [1.82, 2.24) is 0 Å². The molecule has 1 fully saturated rings. The molecule has 0 aromatic carbocycles. The molecule has 0 radical (unpaired) electrons. The van der Waals surface area contributed by atoms with Crippen molar-refractivity contribution in [3.05, 3.63) is 11.6 Å². The van der Waals surface area contributed by atoms with Crippen LogP contribution in [0.25, 0.3) is 0 Å². The minimum absolute atomic E-state index is 0.330. The average molecular weight is 264 g/mol. The summed E-state index contributed by atoms with van der Waals surface area (Å²) in [6.07, 6.45) is 16.9. The Balaban J connectivity index is 2.10. The Kier molecular flexibility index (Phi) is 5.93. The minimum atomic E-state index is -0.658. The summed E-state index contributed by atoms with van der Waals surface area (Å²) in [7, 11) is 0. The molecule has 0 heterocycles. The molecule has 19 heavy (non-hydrogen) atoms. The fourth-order valence-corrected chi connectivity index (χ4v) is 3.88. The van der Waals surface area contributed by atoms with Gasteiger partial charge in [-0.2, -0.15) is 0 Å². The van der Waals surface area contributed by atoms with Crippen molar-refractivity contribution in [3.8, 4) is 0 Å². The summed E-state index contributed by atoms with van der Waals surface area (Å²) in [4.78, 5) is 11.6. The van der Waals surface area contributed by atoms with Crippen LogP contribution in [0.1, 0.15) is 77.0 Å². The second kappa shape index (κ2) is 7.72. The summed E-state index contributed by atoms with van der Waals surface area (Å²) < 4.78 is 0. The lowest BCUT2D eigenvalue weighted by atomic mass is 9.74. The van der Waals surface area contributed by atoms with Crippen molar-refractivity contribution in [2.24, 2.45) is 11.8 Å². The van der Waals surface area contributed by atoms with Crippen LogP contribution < -0.4 is 0 Å². The summed E-state index contributed by atoms with van der Waals surface area (Å²) in [5.74, 6) is 0.297. The zero-order valence-corrected chi connectivity index (χ0v) is 12.1. The number of rotatable bonds is 2. The number of carboxylic acid groups (broad SMARTS) is 1. The molecule has 2 nitrogen and oxygen atoms in total. The van der Waals surface area contributed by atoms with E-state index in [9.17, 15) is 9.90 Å². The zero-order valence-electron chi connectivity index (χ0n) is 12.1. The van der Waals surface area contributed by atoms with Crippen molar-refractivity contribution >= 4 is 5.97 Å². The molecule has 1 saturated carbocycles. The molecule has 108 valence electrons. The average Bonchev–Trinajstić information content (AvgIpc) is 2.29. The standard InChI is InChI=1S/C17H28O2/c18-17(19)16-13-9-5-4-8-12-15(16)14-10-6-2-1-3-7-11-14/h13-15H,1-12H2,(H,18,19)/b16-13+. The van der Waals surface area contributed by atoms with Crippen LogP contribution in [0.3, 0.4) is 0 Å². The minimum Gasteiger partial charge on any atom is -0.478 e. The second-order valence-corrected chi connectivity index (χ2v) is 6.31. The molecule has 0 aromatic rings. The first-order chi connectivity index (χ1) is 9.29. The van der Waals surface area contributed by atoms with Crippen molar-refractivity contribution < 1.29 is 9.90 Å². The molecule has 1 N–H and O–H groups in total. The third kappa shape index (κ3) is 4.36. The Labute approximate surface area is 117 Å². The first-order valence-electron chi connectivity index (χ1n) is 8.22. The van der Waals surface area contributed by atoms with Crippen molar-refractivity contribution in [2.75, 3.05) is 0 Å². The lowest BCUT2D eigenvalue weighted by Crippen LogP contribution is -2.23. The van der Waals surface area contributed by atoms with Gasteiger partial charge in [-0.15, -0.1) is 0 Å². The quantitative estimate of drug-likeness (QED) is 0.767. The maximum atomic E-state index is 11.6. The van der Waals surface area contributed by atoms with Crippen molar-refractivity contribution in [1.29, 1.82) is 0 Å². The molecule has 2 aliphatic rings. The van der Waals surface area contributed by atoms with Gasteiger partial charge in [0.15, 0.2) is 0 Å². The Hall–Kier alpha value is -0.790. The Morgan fingerprint density at radius 3 is 2.16 bits per heavy atom. The molecule has 0 amide bonds. The molecule has 2 aliphatic carbocycles. The van der Waals surface area contributed by atoms with Gasteiger partial charge in [0.2, 0.25) is 0 Å². The Bertz CT molecular complexity index is 311. The van der Waals surface area contributed by atoms with E-state index in [1.165, 1.54) is 57.8 Å². The number of allylic oxidation sites excluding steroid dienone is 1. The van der Waals surface area contributed by atoms with E-state index in [0.717, 1.165) is 24.8 Å². The summed E-state index contributed by atoms with van der Waals surface area (Å²) in [5, 5.41) is 9.51. The smallest absolute Gasteiger partial charge is 0.331 e. The van der Waals surface area contributed by atoms with Gasteiger partial charge < -0.3 is 5.11 Å². The molecule has 2 rings (SSSR count). The van der Waals surface area contributed by atoms with Crippen LogP contribution in [-0.4, -0.2) is 11.1 Å². The van der Waals surface area contributed by atoms with Crippen molar-refractivity contribution in [2.45, 2.75) is 77.0 Å². The number of hydrogen-bond donors (Lipinski definition) is 1. The van der Waals surface area contributed by atoms with Crippen LogP contribution in [-0.2, 0) is 4.79 Å². The van der Waals surface area contributed by atoms with Gasteiger partial charge in [0.1, 0.15) is 0 Å². The first-order valence-corrected chi connectivity index (χ1v) is 8.22. The molecule has 0 spiro atoms. The number of carbonyl (C=O) groups is 1. The Morgan fingerprint density at radius 2 is 1.47 bits per heavy atom. The lowest BCUT2D eigenvalue weighted by Gasteiger charge is -2.30. The number of aliphatic carboxylic acids is 1. The van der Waals surface area contributed by atoms with Gasteiger partial charge in [0.05, 0.1) is 0 Å². The normalized spacial score (nSPS) is 30.3. The summed E-state index contributed by atoms with van der Waals surface area (Å²) in [5.41, 5.74) is 0.741. The van der Waals surface area contributed by atoms with Gasteiger partial charge in [0.25, 0.3) is 0 Å². The van der Waals surface area contributed by atoms with E-state index in [1.807, 2.05) is 6.08 Å². The molecular weight excluding hydrogens is 236 g/mol. The summed E-state index contributed by atoms with van der Waals surface area (Å²) >= 11 is 0. The molecule has 1 atom stereocenters. The molecule has 0 aromatic heterocycles. The SMILES string of the molecule is O=C(O)/C1=C/CCCCCC1C1CCCCCCC1. The lowest BCUT2D eigenvalue weighted by molar-refractivity contribution is -0.133. The molecule has 0 saturated heterocycles. The predicted octanol–water partition coefficient (Wildman–Crippen LogP) is 4.94. The molecule has 2 heteroatoms. The van der Waals surface area contributed by atoms with E-state index < -0.39 is 5.97 Å². The van der Waals surface area contributed by atoms with E-state index in [-0.39, 0.29) is 0 Å². The summed E-state index contributed by atoms with van der Waals surface area (Å²) in [6.45, 7) is 0. The Morgan fingerprint density at radius 1 is 0.895 bits per heavy atom. The number of hydrogen-bond acceptors (Lipinski definition) is 1. The highest BCUT2D eigenvalue weighted by atomic mass is 16.4. The molecule has 0 aliphatic heterocycles. The fraction of sp³-hybridized carbons (Fsp3) is 0.824. The van der Waals surface area contributed by atoms with E-state index in [4.69, 9.17) is 0 Å². The highest BCUT2D eigenvalue weighted by molar-refractivity contribution is 5.87. The highest BCUT2D eigenvalue weighted by Gasteiger charge is 2.29. The first kappa shape index (κ1) is 14.6. The van der Waals surface area contributed by atoms with Crippen LogP contribution in [0.2, 0.25) is 0 Å². The van der Waals surface area contributed by atoms with E-state index >= 15 is 0 Å². The fourth-order valence-electron chi connectivity index (χ4n) is 3.88. The van der Waals surface area contributed by atoms with Crippen LogP contribution in [0.15, 0.2) is 11.6 Å². The van der Waals surface area contributed by atoms with Crippen molar-refractivity contribution in [3.63, 3.8) is 0 Å². The van der Waals surface area contributed by atoms with Gasteiger partial charge >= 0.3 is 5.97 Å². The molecule has 0 bridgehead atoms. The zero-order chi connectivity index (χ0) is 13.5.